The monoisotopic (exact) mass is 877 g/mol. The molecule has 0 saturated heterocycles. The number of halogens is 4. The first-order valence-corrected chi connectivity index (χ1v) is 22.1. The molecule has 8 rings (SSSR count). The number of pyridine rings is 3. The summed E-state index contributed by atoms with van der Waals surface area (Å²) in [6.45, 7) is 1.70. The second kappa shape index (κ2) is 14.8. The van der Waals surface area contributed by atoms with Crippen molar-refractivity contribution in [3.63, 3.8) is 0 Å². The summed E-state index contributed by atoms with van der Waals surface area (Å²) in [7, 11) is -9.61. The molecule has 2 aliphatic rings. The van der Waals surface area contributed by atoms with Gasteiger partial charge >= 0.3 is 6.18 Å². The maximum Gasteiger partial charge on any atom is 0.433 e. The summed E-state index contributed by atoms with van der Waals surface area (Å²) in [5, 5.41) is 0.601. The second-order valence-electron chi connectivity index (χ2n) is 14.7. The number of benzene rings is 3. The normalized spacial score (nSPS) is 15.7. The summed E-state index contributed by atoms with van der Waals surface area (Å²) in [6, 6.07) is 20.6. The number of fused-ring (bicyclic) bond motifs is 2. The molecule has 310 valence electrons. The molecule has 2 saturated carbocycles. The van der Waals surface area contributed by atoms with Gasteiger partial charge in [-0.1, -0.05) is 73.5 Å². The fraction of sp³-hybridized carbons (Fsp3) is 0.262. The molecular weight excluding hydrogens is 843 g/mol. The van der Waals surface area contributed by atoms with E-state index < -0.39 is 64.4 Å². The third-order valence-electron chi connectivity index (χ3n) is 11.0. The quantitative estimate of drug-likeness (QED) is 0.117. The van der Waals surface area contributed by atoms with Gasteiger partial charge in [-0.3, -0.25) is 14.6 Å². The second-order valence-corrected chi connectivity index (χ2v) is 18.6. The van der Waals surface area contributed by atoms with E-state index in [0.29, 0.717) is 17.9 Å². The Morgan fingerprint density at radius 3 is 1.97 bits per heavy atom. The van der Waals surface area contributed by atoms with E-state index in [1.165, 1.54) is 68.0 Å². The minimum Gasteiger partial charge on any atom is -0.481 e. The lowest BCUT2D eigenvalue weighted by Crippen LogP contribution is -2.60. The highest BCUT2D eigenvalue weighted by atomic mass is 35.5. The highest BCUT2D eigenvalue weighted by Gasteiger charge is 2.64. The van der Waals surface area contributed by atoms with Gasteiger partial charge in [0.1, 0.15) is 5.69 Å². The summed E-state index contributed by atoms with van der Waals surface area (Å²) in [5.74, 6) is -2.80. The fourth-order valence-corrected chi connectivity index (χ4v) is 11.6. The molecular formula is C42H35ClF3N5O7S2. The number of alkyl halides is 3. The van der Waals surface area contributed by atoms with Gasteiger partial charge in [-0.2, -0.15) is 30.0 Å². The van der Waals surface area contributed by atoms with E-state index in [1.54, 1.807) is 31.2 Å². The molecule has 0 bridgehead atoms. The molecule has 0 spiro atoms. The van der Waals surface area contributed by atoms with Crippen molar-refractivity contribution in [2.45, 2.75) is 72.2 Å². The highest BCUT2D eigenvalue weighted by molar-refractivity contribution is 7.93. The fourth-order valence-electron chi connectivity index (χ4n) is 7.75. The van der Waals surface area contributed by atoms with E-state index in [1.807, 2.05) is 0 Å². The summed E-state index contributed by atoms with van der Waals surface area (Å²) in [4.78, 5) is 42.7. The lowest BCUT2D eigenvalue weighted by Gasteiger charge is -2.37. The van der Waals surface area contributed by atoms with Crippen LogP contribution in [0.2, 0.25) is 5.02 Å². The largest absolute Gasteiger partial charge is 0.481 e. The maximum atomic E-state index is 15.7. The van der Waals surface area contributed by atoms with Crippen LogP contribution >= 0.6 is 11.6 Å². The summed E-state index contributed by atoms with van der Waals surface area (Å²) in [6.07, 6.45) is -2.17. The molecule has 2 amide bonds. The van der Waals surface area contributed by atoms with Crippen molar-refractivity contribution in [3.05, 3.63) is 131 Å². The van der Waals surface area contributed by atoms with Gasteiger partial charge < -0.3 is 4.74 Å². The summed E-state index contributed by atoms with van der Waals surface area (Å²) < 4.78 is 110. The Balaban J connectivity index is 1.44. The predicted octanol–water partition coefficient (Wildman–Crippen LogP) is 7.92. The topological polar surface area (TPSA) is 157 Å². The van der Waals surface area contributed by atoms with Crippen LogP contribution in [0.4, 0.5) is 13.2 Å². The van der Waals surface area contributed by atoms with Gasteiger partial charge in [0.2, 0.25) is 5.88 Å². The number of nitrogens with zero attached hydrogens (tertiary/aromatic N) is 5. The summed E-state index contributed by atoms with van der Waals surface area (Å²) in [5.41, 5.74) is -4.87. The van der Waals surface area contributed by atoms with Crippen molar-refractivity contribution < 1.29 is 44.3 Å². The van der Waals surface area contributed by atoms with E-state index in [-0.39, 0.29) is 84.9 Å². The highest BCUT2D eigenvalue weighted by Crippen LogP contribution is 2.56. The van der Waals surface area contributed by atoms with Crippen LogP contribution in [0.1, 0.15) is 61.5 Å². The molecule has 3 aromatic heterocycles. The van der Waals surface area contributed by atoms with Crippen LogP contribution in [0.25, 0.3) is 21.7 Å². The zero-order valence-corrected chi connectivity index (χ0v) is 34.4. The number of methoxy groups -OCH3 is 1. The van der Waals surface area contributed by atoms with Gasteiger partial charge in [-0.15, -0.1) is 8.83 Å². The van der Waals surface area contributed by atoms with Crippen molar-refractivity contribution in [1.82, 2.24) is 23.8 Å². The predicted molar refractivity (Wildman–Crippen MR) is 215 cm³/mol. The Bertz CT molecular complexity index is 2950. The molecule has 3 aromatic carbocycles. The van der Waals surface area contributed by atoms with Crippen LogP contribution in [0.3, 0.4) is 0 Å². The van der Waals surface area contributed by atoms with Gasteiger partial charge in [0.25, 0.3) is 31.9 Å². The van der Waals surface area contributed by atoms with E-state index in [0.717, 1.165) is 12.1 Å². The molecule has 0 aliphatic heterocycles. The first kappa shape index (κ1) is 41.1. The van der Waals surface area contributed by atoms with Crippen LogP contribution in [0, 0.1) is 0 Å². The number of hydrazine groups is 1. The van der Waals surface area contributed by atoms with Crippen LogP contribution in [0.15, 0.2) is 113 Å². The molecule has 0 N–H and O–H groups in total. The number of carbonyl (C=O) groups excluding carboxylic acids is 2. The number of hydrogen-bond donors (Lipinski definition) is 0. The maximum absolute atomic E-state index is 15.7. The third-order valence-corrected chi connectivity index (χ3v) is 14.7. The number of aryl methyl sites for hydroxylation is 1. The molecule has 18 heteroatoms. The smallest absolute Gasteiger partial charge is 0.433 e. The Labute approximate surface area is 348 Å². The standard InChI is InChI=1S/C42H35ClF3N5O7S2/c1-3-9-33-30(17-18-36(49-33)42(44,45)46)40(19-20-40)38(52)50(60(56,57)35-16-7-14-32-29(35)13-8-23-47-32)51(59(54,55)34-15-6-11-26-10-4-5-12-28(26)34)39(53)41(21-22-41)31-24-27(43)25-48-37(31)58-2/h4-8,10-18,23-25H,3,9,19-22H2,1-2H3. The number of sulfonamides is 2. The average Bonchev–Trinajstić information content (AvgIpc) is 4.18. The molecule has 0 atom stereocenters. The van der Waals surface area contributed by atoms with E-state index in [2.05, 4.69) is 15.0 Å². The van der Waals surface area contributed by atoms with Crippen LogP contribution in [-0.2, 0) is 53.1 Å². The molecule has 3 heterocycles. The van der Waals surface area contributed by atoms with Crippen molar-refractivity contribution in [2.75, 3.05) is 7.11 Å². The van der Waals surface area contributed by atoms with E-state index in [9.17, 15) is 13.2 Å². The van der Waals surface area contributed by atoms with Crippen molar-refractivity contribution >= 4 is 65.1 Å². The van der Waals surface area contributed by atoms with Crippen LogP contribution in [0.5, 0.6) is 5.88 Å². The van der Waals surface area contributed by atoms with Gasteiger partial charge in [0.05, 0.1) is 38.3 Å². The first-order valence-electron chi connectivity index (χ1n) is 18.8. The van der Waals surface area contributed by atoms with Crippen molar-refractivity contribution in [1.29, 1.82) is 0 Å². The van der Waals surface area contributed by atoms with Gasteiger partial charge in [-0.05, 0) is 85.5 Å². The summed E-state index contributed by atoms with van der Waals surface area (Å²) >= 11 is 6.38. The Morgan fingerprint density at radius 1 is 0.767 bits per heavy atom. The number of hydrogen-bond acceptors (Lipinski definition) is 10. The zero-order valence-electron chi connectivity index (χ0n) is 32.0. The Hall–Kier alpha value is -5.65. The van der Waals surface area contributed by atoms with Crippen molar-refractivity contribution in [2.24, 2.45) is 0 Å². The SMILES string of the molecule is CCCc1nc(C(F)(F)F)ccc1C1(C(=O)N(N(C(=O)C2(c3cc(Cl)cnc3OC)CC2)S(=O)(=O)c2cccc3ccccc23)S(=O)(=O)c2cccc3ncccc23)CC1. The molecule has 12 nitrogen and oxygen atoms in total. The Morgan fingerprint density at radius 2 is 1.35 bits per heavy atom. The minimum atomic E-state index is -5.47. The number of rotatable bonds is 11. The third kappa shape index (κ3) is 6.72. The lowest BCUT2D eigenvalue weighted by molar-refractivity contribution is -0.148. The minimum absolute atomic E-state index is 0.000863. The number of aromatic nitrogens is 3. The molecule has 0 unspecified atom stereocenters. The number of amides is 2. The van der Waals surface area contributed by atoms with E-state index in [4.69, 9.17) is 16.3 Å². The number of ether oxygens (including phenoxy) is 1. The molecule has 0 radical (unpaired) electrons. The van der Waals surface area contributed by atoms with Gasteiger partial charge in [0, 0.05) is 34.4 Å². The van der Waals surface area contributed by atoms with Crippen LogP contribution in [-0.4, -0.2) is 59.5 Å². The average molecular weight is 878 g/mol. The molecule has 2 aliphatic carbocycles. The van der Waals surface area contributed by atoms with Gasteiger partial charge in [0.15, 0.2) is 0 Å². The molecule has 6 aromatic rings. The number of carbonyl (C=O) groups is 2. The molecule has 2 fully saturated rings. The van der Waals surface area contributed by atoms with E-state index >= 15 is 26.4 Å². The zero-order chi connectivity index (χ0) is 42.8. The first-order chi connectivity index (χ1) is 28.5. The molecule has 60 heavy (non-hydrogen) atoms. The Kier molecular flexibility index (Phi) is 10.1. The van der Waals surface area contributed by atoms with Crippen molar-refractivity contribution in [3.8, 4) is 5.88 Å². The van der Waals surface area contributed by atoms with Crippen LogP contribution < -0.4 is 4.74 Å². The van der Waals surface area contributed by atoms with Gasteiger partial charge in [-0.25, -0.2) is 9.97 Å². The lowest BCUT2D eigenvalue weighted by atomic mass is 9.91.